The summed E-state index contributed by atoms with van der Waals surface area (Å²) in [6.45, 7) is 5.72. The van der Waals surface area contributed by atoms with Crippen molar-refractivity contribution in [2.24, 2.45) is 5.92 Å². The number of carbonyl (C=O) groups is 1. The monoisotopic (exact) mass is 228 g/mol. The van der Waals surface area contributed by atoms with Crippen LogP contribution in [0.4, 0.5) is 0 Å². The molecule has 0 radical (unpaired) electrons. The molecule has 86 valence electrons. The van der Waals surface area contributed by atoms with Crippen molar-refractivity contribution in [2.75, 3.05) is 13.1 Å². The Morgan fingerprint density at radius 2 is 1.73 bits per heavy atom. The normalized spacial score (nSPS) is 17.4. The maximum atomic E-state index is 11.5. The van der Waals surface area contributed by atoms with Gasteiger partial charge in [-0.1, -0.05) is 26.7 Å². The lowest BCUT2D eigenvalue weighted by atomic mass is 10.2. The molecule has 1 N–H and O–H groups in total. The van der Waals surface area contributed by atoms with Crippen LogP contribution in [0, 0.1) is 5.92 Å². The smallest absolute Gasteiger partial charge is 0.228 e. The Labute approximate surface area is 97.2 Å². The third kappa shape index (κ3) is 4.16. The molecule has 3 nitrogen and oxygen atoms in total. The van der Waals surface area contributed by atoms with Crippen molar-refractivity contribution < 1.29 is 4.79 Å². The van der Waals surface area contributed by atoms with E-state index in [0.717, 1.165) is 13.1 Å². The van der Waals surface area contributed by atoms with E-state index in [9.17, 15) is 4.79 Å². The fourth-order valence-electron chi connectivity index (χ4n) is 1.60. The maximum Gasteiger partial charge on any atom is 0.228 e. The number of hydrogen-bond donors (Lipinski definition) is 1. The van der Waals surface area contributed by atoms with Crippen LogP contribution in [0.3, 0.4) is 0 Å². The summed E-state index contributed by atoms with van der Waals surface area (Å²) >= 11 is 5.22. The average Bonchev–Trinajstić information content (AvgIpc) is 2.45. The van der Waals surface area contributed by atoms with Gasteiger partial charge in [0.15, 0.2) is 5.11 Å². The number of rotatable bonds is 1. The second-order valence-electron chi connectivity index (χ2n) is 4.35. The molecule has 1 fully saturated rings. The molecule has 0 aromatic heterocycles. The Morgan fingerprint density at radius 1 is 1.20 bits per heavy atom. The van der Waals surface area contributed by atoms with Crippen molar-refractivity contribution in [3.05, 3.63) is 0 Å². The van der Waals surface area contributed by atoms with E-state index in [-0.39, 0.29) is 11.8 Å². The lowest BCUT2D eigenvalue weighted by Gasteiger charge is -2.23. The zero-order valence-electron chi connectivity index (χ0n) is 9.58. The Morgan fingerprint density at radius 3 is 2.20 bits per heavy atom. The van der Waals surface area contributed by atoms with Gasteiger partial charge in [0.25, 0.3) is 0 Å². The molecule has 1 aliphatic heterocycles. The first-order valence-corrected chi connectivity index (χ1v) is 6.12. The first-order chi connectivity index (χ1) is 7.11. The number of hydrogen-bond acceptors (Lipinski definition) is 2. The van der Waals surface area contributed by atoms with Crippen molar-refractivity contribution in [1.29, 1.82) is 0 Å². The van der Waals surface area contributed by atoms with E-state index >= 15 is 0 Å². The molecule has 0 aromatic rings. The van der Waals surface area contributed by atoms with Gasteiger partial charge in [0, 0.05) is 19.0 Å². The van der Waals surface area contributed by atoms with Crippen LogP contribution in [0.2, 0.25) is 0 Å². The fraction of sp³-hybridized carbons (Fsp3) is 0.818. The van der Waals surface area contributed by atoms with Crippen LogP contribution in [-0.4, -0.2) is 29.0 Å². The molecule has 1 rings (SSSR count). The van der Waals surface area contributed by atoms with Gasteiger partial charge in [-0.3, -0.25) is 4.79 Å². The van der Waals surface area contributed by atoms with Gasteiger partial charge in [0.2, 0.25) is 5.91 Å². The van der Waals surface area contributed by atoms with Crippen molar-refractivity contribution in [2.45, 2.75) is 39.5 Å². The summed E-state index contributed by atoms with van der Waals surface area (Å²) in [5.41, 5.74) is 0. The predicted molar refractivity (Wildman–Crippen MR) is 65.6 cm³/mol. The molecule has 4 heteroatoms. The van der Waals surface area contributed by atoms with Crippen LogP contribution in [-0.2, 0) is 4.79 Å². The van der Waals surface area contributed by atoms with Crippen molar-refractivity contribution in [3.63, 3.8) is 0 Å². The molecule has 1 amide bonds. The average molecular weight is 228 g/mol. The molecule has 0 aromatic carbocycles. The molecule has 1 aliphatic rings. The second-order valence-corrected chi connectivity index (χ2v) is 4.74. The molecule has 0 bridgehead atoms. The number of carbonyl (C=O) groups excluding carboxylic acids is 1. The van der Waals surface area contributed by atoms with Gasteiger partial charge in [-0.05, 0) is 25.1 Å². The third-order valence-electron chi connectivity index (χ3n) is 2.65. The number of likely N-dealkylation sites (tertiary alicyclic amines) is 1. The van der Waals surface area contributed by atoms with Gasteiger partial charge in [0.1, 0.15) is 0 Å². The lowest BCUT2D eigenvalue weighted by molar-refractivity contribution is -0.122. The molecule has 0 aliphatic carbocycles. The maximum absolute atomic E-state index is 11.5. The van der Waals surface area contributed by atoms with E-state index in [1.165, 1.54) is 25.7 Å². The molecule has 15 heavy (non-hydrogen) atoms. The Balaban J connectivity index is 2.41. The largest absolute Gasteiger partial charge is 0.349 e. The summed E-state index contributed by atoms with van der Waals surface area (Å²) in [6, 6.07) is 0. The Bertz CT molecular complexity index is 233. The minimum absolute atomic E-state index is 0.00470. The van der Waals surface area contributed by atoms with Gasteiger partial charge in [-0.15, -0.1) is 0 Å². The summed E-state index contributed by atoms with van der Waals surface area (Å²) in [5, 5.41) is 3.40. The number of nitrogens with one attached hydrogen (secondary N) is 1. The van der Waals surface area contributed by atoms with Crippen LogP contribution in [0.1, 0.15) is 39.5 Å². The van der Waals surface area contributed by atoms with E-state index in [1.807, 2.05) is 13.8 Å². The molecule has 1 heterocycles. The molecule has 1 saturated heterocycles. The van der Waals surface area contributed by atoms with Gasteiger partial charge < -0.3 is 10.2 Å². The topological polar surface area (TPSA) is 32.3 Å². The zero-order chi connectivity index (χ0) is 11.3. The summed E-state index contributed by atoms with van der Waals surface area (Å²) in [4.78, 5) is 13.6. The molecule has 0 unspecified atom stereocenters. The minimum Gasteiger partial charge on any atom is -0.349 e. The Hall–Kier alpha value is -0.640. The second kappa shape index (κ2) is 6.05. The molecular weight excluding hydrogens is 208 g/mol. The van der Waals surface area contributed by atoms with Crippen molar-refractivity contribution >= 4 is 23.2 Å². The highest BCUT2D eigenvalue weighted by atomic mass is 32.1. The first-order valence-electron chi connectivity index (χ1n) is 5.71. The third-order valence-corrected chi connectivity index (χ3v) is 3.01. The number of thiocarbonyl (C=S) groups is 1. The summed E-state index contributed by atoms with van der Waals surface area (Å²) in [5.74, 6) is 0.0131. The van der Waals surface area contributed by atoms with E-state index in [1.54, 1.807) is 0 Å². The SMILES string of the molecule is CC(C)C(=O)NC(=S)N1CCCCCC1. The predicted octanol–water partition coefficient (Wildman–Crippen LogP) is 1.92. The highest BCUT2D eigenvalue weighted by Crippen LogP contribution is 2.09. The standard InChI is InChI=1S/C11H20N2OS/c1-9(2)10(14)12-11(15)13-7-5-3-4-6-8-13/h9H,3-8H2,1-2H3,(H,12,14,15). The quantitative estimate of drug-likeness (QED) is 0.696. The number of amides is 1. The fourth-order valence-corrected chi connectivity index (χ4v) is 1.89. The summed E-state index contributed by atoms with van der Waals surface area (Å²) < 4.78 is 0. The van der Waals surface area contributed by atoms with E-state index in [4.69, 9.17) is 12.2 Å². The van der Waals surface area contributed by atoms with Crippen LogP contribution in [0.15, 0.2) is 0 Å². The van der Waals surface area contributed by atoms with Gasteiger partial charge in [-0.2, -0.15) is 0 Å². The van der Waals surface area contributed by atoms with Crippen molar-refractivity contribution in [3.8, 4) is 0 Å². The van der Waals surface area contributed by atoms with E-state index in [0.29, 0.717) is 5.11 Å². The van der Waals surface area contributed by atoms with Crippen LogP contribution in [0.5, 0.6) is 0 Å². The molecule has 0 atom stereocenters. The summed E-state index contributed by atoms with van der Waals surface area (Å²) in [6.07, 6.45) is 4.91. The van der Waals surface area contributed by atoms with E-state index < -0.39 is 0 Å². The number of nitrogens with zero attached hydrogens (tertiary/aromatic N) is 1. The molecule has 0 spiro atoms. The van der Waals surface area contributed by atoms with Gasteiger partial charge >= 0.3 is 0 Å². The highest BCUT2D eigenvalue weighted by Gasteiger charge is 2.15. The van der Waals surface area contributed by atoms with Crippen molar-refractivity contribution in [1.82, 2.24) is 10.2 Å². The van der Waals surface area contributed by atoms with Crippen LogP contribution < -0.4 is 5.32 Å². The minimum atomic E-state index is -0.00470. The first kappa shape index (κ1) is 12.4. The van der Waals surface area contributed by atoms with Crippen LogP contribution >= 0.6 is 12.2 Å². The summed E-state index contributed by atoms with van der Waals surface area (Å²) in [7, 11) is 0. The zero-order valence-corrected chi connectivity index (χ0v) is 10.4. The highest BCUT2D eigenvalue weighted by molar-refractivity contribution is 7.80. The molecular formula is C11H20N2OS. The van der Waals surface area contributed by atoms with Gasteiger partial charge in [0.05, 0.1) is 0 Å². The Kier molecular flexibility index (Phi) is 5.02. The van der Waals surface area contributed by atoms with E-state index in [2.05, 4.69) is 10.2 Å². The molecule has 0 saturated carbocycles. The lowest BCUT2D eigenvalue weighted by Crippen LogP contribution is -2.44. The van der Waals surface area contributed by atoms with Gasteiger partial charge in [-0.25, -0.2) is 0 Å². The van der Waals surface area contributed by atoms with Crippen LogP contribution in [0.25, 0.3) is 0 Å².